The molecule has 0 radical (unpaired) electrons. The average Bonchev–Trinajstić information content (AvgIpc) is 2.31. The van der Waals surface area contributed by atoms with E-state index in [1.54, 1.807) is 12.2 Å². The van der Waals surface area contributed by atoms with E-state index in [-0.39, 0.29) is 0 Å². The fourth-order valence-electron chi connectivity index (χ4n) is 1.96. The van der Waals surface area contributed by atoms with Gasteiger partial charge in [-0.15, -0.1) is 13.2 Å². The Bertz CT molecular complexity index is 313. The van der Waals surface area contributed by atoms with Crippen molar-refractivity contribution in [2.45, 2.75) is 12.5 Å². The van der Waals surface area contributed by atoms with Gasteiger partial charge in [0.25, 0.3) is 0 Å². The summed E-state index contributed by atoms with van der Waals surface area (Å²) >= 11 is 0. The minimum Gasteiger partial charge on any atom is -0.480 e. The summed E-state index contributed by atoms with van der Waals surface area (Å²) in [7, 11) is 0. The van der Waals surface area contributed by atoms with Crippen molar-refractivity contribution in [1.82, 2.24) is 4.90 Å². The fraction of sp³-hybridized carbons (Fsp3) is 0.462. The lowest BCUT2D eigenvalue weighted by Crippen LogP contribution is -2.43. The molecule has 0 aromatic carbocycles. The normalized spacial score (nSPS) is 17.4. The average molecular weight is 237 g/mol. The van der Waals surface area contributed by atoms with Gasteiger partial charge in [0.05, 0.1) is 13.2 Å². The molecular weight excluding hydrogens is 218 g/mol. The Morgan fingerprint density at radius 1 is 1.53 bits per heavy atom. The molecule has 94 valence electrons. The lowest BCUT2D eigenvalue weighted by atomic mass is 10.0. The zero-order chi connectivity index (χ0) is 12.7. The number of nitrogens with zero attached hydrogens (tertiary/aromatic N) is 1. The van der Waals surface area contributed by atoms with Gasteiger partial charge in [0.2, 0.25) is 0 Å². The van der Waals surface area contributed by atoms with Crippen LogP contribution in [0.3, 0.4) is 0 Å². The van der Waals surface area contributed by atoms with Crippen molar-refractivity contribution in [3.63, 3.8) is 0 Å². The predicted molar refractivity (Wildman–Crippen MR) is 66.9 cm³/mol. The molecule has 1 aliphatic rings. The van der Waals surface area contributed by atoms with E-state index in [0.717, 1.165) is 5.57 Å². The highest BCUT2D eigenvalue weighted by molar-refractivity contribution is 5.77. The summed E-state index contributed by atoms with van der Waals surface area (Å²) in [5.74, 6) is -0.832. The number of ether oxygens (including phenoxy) is 1. The molecule has 1 atom stereocenters. The standard InChI is InChI=1S/C13H19NO3/c1-3-7-14(8-4-2)12(13(15)16)11-5-9-17-10-6-11/h3-5,12H,1-2,6-10H2,(H,15,16)/t12-/m1/s1. The smallest absolute Gasteiger partial charge is 0.325 e. The molecule has 0 aromatic rings. The van der Waals surface area contributed by atoms with Crippen molar-refractivity contribution in [1.29, 1.82) is 0 Å². The van der Waals surface area contributed by atoms with Crippen LogP contribution in [0.2, 0.25) is 0 Å². The van der Waals surface area contributed by atoms with Gasteiger partial charge in [-0.25, -0.2) is 0 Å². The molecule has 1 rings (SSSR count). The van der Waals surface area contributed by atoms with E-state index >= 15 is 0 Å². The van der Waals surface area contributed by atoms with Crippen molar-refractivity contribution >= 4 is 5.97 Å². The Kier molecular flexibility index (Phi) is 5.66. The molecule has 4 heteroatoms. The molecule has 0 aliphatic carbocycles. The van der Waals surface area contributed by atoms with Crippen LogP contribution in [-0.4, -0.2) is 48.3 Å². The molecule has 0 fully saturated rings. The summed E-state index contributed by atoms with van der Waals surface area (Å²) in [6.07, 6.45) is 5.95. The van der Waals surface area contributed by atoms with E-state index in [9.17, 15) is 9.90 Å². The lowest BCUT2D eigenvalue weighted by molar-refractivity contribution is -0.141. The molecule has 17 heavy (non-hydrogen) atoms. The largest absolute Gasteiger partial charge is 0.480 e. The van der Waals surface area contributed by atoms with E-state index in [1.807, 2.05) is 11.0 Å². The number of aliphatic carboxylic acids is 1. The molecule has 0 bridgehead atoms. The topological polar surface area (TPSA) is 49.8 Å². The molecule has 1 aliphatic heterocycles. The fourth-order valence-corrected chi connectivity index (χ4v) is 1.96. The highest BCUT2D eigenvalue weighted by atomic mass is 16.5. The van der Waals surface area contributed by atoms with E-state index in [2.05, 4.69) is 13.2 Å². The Hall–Kier alpha value is -1.39. The van der Waals surface area contributed by atoms with Crippen LogP contribution in [0.1, 0.15) is 6.42 Å². The van der Waals surface area contributed by atoms with Crippen LogP contribution in [0.4, 0.5) is 0 Å². The third-order valence-corrected chi connectivity index (χ3v) is 2.68. The van der Waals surface area contributed by atoms with Gasteiger partial charge in [-0.1, -0.05) is 18.2 Å². The zero-order valence-corrected chi connectivity index (χ0v) is 9.97. The predicted octanol–water partition coefficient (Wildman–Crippen LogP) is 1.46. The number of hydrogen-bond acceptors (Lipinski definition) is 3. The van der Waals surface area contributed by atoms with Gasteiger partial charge in [-0.2, -0.15) is 0 Å². The second kappa shape index (κ2) is 7.04. The maximum Gasteiger partial charge on any atom is 0.325 e. The second-order valence-corrected chi connectivity index (χ2v) is 3.88. The first kappa shape index (κ1) is 13.7. The van der Waals surface area contributed by atoms with E-state index < -0.39 is 12.0 Å². The van der Waals surface area contributed by atoms with Crippen LogP contribution in [0.25, 0.3) is 0 Å². The van der Waals surface area contributed by atoms with Crippen molar-refractivity contribution in [3.05, 3.63) is 37.0 Å². The molecule has 0 spiro atoms. The molecule has 0 unspecified atom stereocenters. The SMILES string of the molecule is C=CCN(CC=C)[C@@H](C(=O)O)C1=CCOCC1. The van der Waals surface area contributed by atoms with Crippen LogP contribution in [0, 0.1) is 0 Å². The Balaban J connectivity index is 2.87. The van der Waals surface area contributed by atoms with Gasteiger partial charge in [0.1, 0.15) is 6.04 Å². The minimum absolute atomic E-state index is 0.495. The number of carboxylic acid groups (broad SMARTS) is 1. The van der Waals surface area contributed by atoms with Crippen LogP contribution in [-0.2, 0) is 9.53 Å². The van der Waals surface area contributed by atoms with Gasteiger partial charge in [0.15, 0.2) is 0 Å². The molecule has 0 amide bonds. The van der Waals surface area contributed by atoms with Crippen LogP contribution >= 0.6 is 0 Å². The number of carbonyl (C=O) groups is 1. The second-order valence-electron chi connectivity index (χ2n) is 3.88. The first-order valence-corrected chi connectivity index (χ1v) is 5.66. The van der Waals surface area contributed by atoms with E-state index in [1.165, 1.54) is 0 Å². The van der Waals surface area contributed by atoms with Crippen LogP contribution in [0.15, 0.2) is 37.0 Å². The number of hydrogen-bond donors (Lipinski definition) is 1. The van der Waals surface area contributed by atoms with Crippen LogP contribution < -0.4 is 0 Å². The van der Waals surface area contributed by atoms with Crippen molar-refractivity contribution < 1.29 is 14.6 Å². The highest BCUT2D eigenvalue weighted by Crippen LogP contribution is 2.18. The molecule has 0 saturated carbocycles. The Morgan fingerprint density at radius 3 is 2.59 bits per heavy atom. The molecule has 0 saturated heterocycles. The molecular formula is C13H19NO3. The van der Waals surface area contributed by atoms with E-state index in [0.29, 0.717) is 32.7 Å². The molecule has 4 nitrogen and oxygen atoms in total. The molecule has 0 aromatic heterocycles. The van der Waals surface area contributed by atoms with E-state index in [4.69, 9.17) is 4.74 Å². The van der Waals surface area contributed by atoms with Crippen molar-refractivity contribution in [3.8, 4) is 0 Å². The van der Waals surface area contributed by atoms with Gasteiger partial charge in [-0.05, 0) is 12.0 Å². The monoisotopic (exact) mass is 237 g/mol. The van der Waals surface area contributed by atoms with Gasteiger partial charge >= 0.3 is 5.97 Å². The lowest BCUT2D eigenvalue weighted by Gasteiger charge is -2.30. The number of rotatable bonds is 7. The summed E-state index contributed by atoms with van der Waals surface area (Å²) in [6.45, 7) is 9.46. The molecule has 1 heterocycles. The summed E-state index contributed by atoms with van der Waals surface area (Å²) in [5, 5.41) is 9.36. The summed E-state index contributed by atoms with van der Waals surface area (Å²) in [5.41, 5.74) is 0.910. The summed E-state index contributed by atoms with van der Waals surface area (Å²) in [4.78, 5) is 13.2. The summed E-state index contributed by atoms with van der Waals surface area (Å²) < 4.78 is 5.20. The summed E-state index contributed by atoms with van der Waals surface area (Å²) in [6, 6.07) is -0.602. The molecule has 1 N–H and O–H groups in total. The minimum atomic E-state index is -0.832. The van der Waals surface area contributed by atoms with Gasteiger partial charge < -0.3 is 9.84 Å². The Morgan fingerprint density at radius 2 is 2.18 bits per heavy atom. The quantitative estimate of drug-likeness (QED) is 0.681. The highest BCUT2D eigenvalue weighted by Gasteiger charge is 2.28. The Labute approximate surface area is 102 Å². The third kappa shape index (κ3) is 3.84. The maximum atomic E-state index is 11.4. The van der Waals surface area contributed by atoms with Crippen LogP contribution in [0.5, 0.6) is 0 Å². The van der Waals surface area contributed by atoms with Gasteiger partial charge in [0, 0.05) is 13.1 Å². The zero-order valence-electron chi connectivity index (χ0n) is 9.97. The first-order valence-electron chi connectivity index (χ1n) is 5.66. The first-order chi connectivity index (χ1) is 8.20. The van der Waals surface area contributed by atoms with Gasteiger partial charge in [-0.3, -0.25) is 9.69 Å². The maximum absolute atomic E-state index is 11.4. The van der Waals surface area contributed by atoms with Crippen molar-refractivity contribution in [2.75, 3.05) is 26.3 Å². The van der Waals surface area contributed by atoms with Crippen molar-refractivity contribution in [2.24, 2.45) is 0 Å². The third-order valence-electron chi connectivity index (χ3n) is 2.68. The number of carboxylic acids is 1.